The molecule has 1 atom stereocenters. The molecule has 0 fully saturated rings. The molecule has 1 heterocycles. The number of H-pyrrole nitrogens is 1. The van der Waals surface area contributed by atoms with E-state index in [2.05, 4.69) is 10.3 Å². The Morgan fingerprint density at radius 2 is 1.82 bits per heavy atom. The van der Waals surface area contributed by atoms with Crippen molar-refractivity contribution in [3.05, 3.63) is 101 Å². The van der Waals surface area contributed by atoms with Gasteiger partial charge in [0, 0.05) is 44.7 Å². The number of carbonyl (C=O) groups is 1. The van der Waals surface area contributed by atoms with E-state index in [9.17, 15) is 13.4 Å². The number of anilines is 1. The first-order chi connectivity index (χ1) is 16.4. The number of amides is 1. The lowest BCUT2D eigenvalue weighted by atomic mass is 10.0. The van der Waals surface area contributed by atoms with Gasteiger partial charge in [0.25, 0.3) is 0 Å². The summed E-state index contributed by atoms with van der Waals surface area (Å²) in [5.41, 5.74) is 7.03. The van der Waals surface area contributed by atoms with E-state index in [0.29, 0.717) is 0 Å². The van der Waals surface area contributed by atoms with E-state index in [-0.39, 0.29) is 18.1 Å². The van der Waals surface area contributed by atoms with Crippen molar-refractivity contribution in [2.24, 2.45) is 0 Å². The van der Waals surface area contributed by atoms with Crippen LogP contribution in [-0.2, 0) is 15.6 Å². The summed E-state index contributed by atoms with van der Waals surface area (Å²) >= 11 is 0. The average Bonchev–Trinajstić information content (AvgIpc) is 3.37. The molecule has 0 saturated heterocycles. The maximum Gasteiger partial charge on any atom is 0.228 e. The topological polar surface area (TPSA) is 62.0 Å². The molecule has 3 aromatic carbocycles. The van der Waals surface area contributed by atoms with Crippen LogP contribution in [0.2, 0.25) is 0 Å². The zero-order valence-electron chi connectivity index (χ0n) is 18.8. The van der Waals surface area contributed by atoms with Crippen LogP contribution in [-0.4, -0.2) is 21.4 Å². The van der Waals surface area contributed by atoms with E-state index in [0.717, 1.165) is 54.9 Å². The summed E-state index contributed by atoms with van der Waals surface area (Å²) in [5, 5.41) is 3.99. The highest BCUT2D eigenvalue weighted by molar-refractivity contribution is 7.84. The highest BCUT2D eigenvalue weighted by Gasteiger charge is 2.26. The average molecular weight is 471 g/mol. The molecule has 1 aliphatic carbocycles. The molecule has 1 aliphatic rings. The molecule has 1 aromatic heterocycles. The molecule has 0 saturated carbocycles. The Kier molecular flexibility index (Phi) is 5.75. The third kappa shape index (κ3) is 4.24. The Bertz CT molecular complexity index is 1510. The number of allylic oxidation sites excluding steroid dienone is 2. The molecule has 170 valence electrons. The lowest BCUT2D eigenvalue weighted by Gasteiger charge is -2.09. The van der Waals surface area contributed by atoms with Crippen molar-refractivity contribution in [1.82, 2.24) is 4.98 Å². The first kappa shape index (κ1) is 22.0. The van der Waals surface area contributed by atoms with Gasteiger partial charge in [0.05, 0.1) is 6.42 Å². The van der Waals surface area contributed by atoms with Gasteiger partial charge in [-0.25, -0.2) is 4.39 Å². The fourth-order valence-corrected chi connectivity index (χ4v) is 4.92. The zero-order chi connectivity index (χ0) is 23.8. The highest BCUT2D eigenvalue weighted by Crippen LogP contribution is 2.44. The summed E-state index contributed by atoms with van der Waals surface area (Å²) in [7, 11) is -1.04. The van der Waals surface area contributed by atoms with E-state index < -0.39 is 10.8 Å². The number of halogens is 1. The number of carbonyl (C=O) groups excluding carboxylic acids is 1. The van der Waals surface area contributed by atoms with Gasteiger partial charge in [0.1, 0.15) is 5.82 Å². The highest BCUT2D eigenvalue weighted by atomic mass is 32.2. The molecule has 0 unspecified atom stereocenters. The maximum atomic E-state index is 14.2. The predicted octanol–water partition coefficient (Wildman–Crippen LogP) is 6.40. The second-order valence-electron chi connectivity index (χ2n) is 8.38. The normalized spacial score (nSPS) is 15.1. The van der Waals surface area contributed by atoms with Gasteiger partial charge >= 0.3 is 0 Å². The van der Waals surface area contributed by atoms with Gasteiger partial charge in [-0.1, -0.05) is 18.2 Å². The van der Waals surface area contributed by atoms with Crippen LogP contribution in [0.3, 0.4) is 0 Å². The van der Waals surface area contributed by atoms with Crippen molar-refractivity contribution < 1.29 is 13.4 Å². The minimum Gasteiger partial charge on any atom is -0.361 e. The molecule has 6 heteroatoms. The van der Waals surface area contributed by atoms with E-state index in [4.69, 9.17) is 0 Å². The zero-order valence-corrected chi connectivity index (χ0v) is 19.6. The van der Waals surface area contributed by atoms with Crippen molar-refractivity contribution in [2.75, 3.05) is 11.6 Å². The molecule has 5 rings (SSSR count). The summed E-state index contributed by atoms with van der Waals surface area (Å²) < 4.78 is 25.9. The Labute approximate surface area is 199 Å². The molecular formula is C28H23FN2O2S. The molecule has 0 bridgehead atoms. The summed E-state index contributed by atoms with van der Waals surface area (Å²) in [6, 6.07) is 19.9. The van der Waals surface area contributed by atoms with Crippen molar-refractivity contribution in [3.8, 4) is 0 Å². The van der Waals surface area contributed by atoms with Gasteiger partial charge in [-0.15, -0.1) is 0 Å². The fourth-order valence-electron chi connectivity index (χ4n) is 4.40. The lowest BCUT2D eigenvalue weighted by Crippen LogP contribution is -2.12. The predicted molar refractivity (Wildman–Crippen MR) is 137 cm³/mol. The first-order valence-electron chi connectivity index (χ1n) is 10.9. The Morgan fingerprint density at radius 1 is 1.03 bits per heavy atom. The van der Waals surface area contributed by atoms with Crippen LogP contribution >= 0.6 is 0 Å². The number of aromatic amines is 1. The monoisotopic (exact) mass is 470 g/mol. The Balaban J connectivity index is 1.46. The van der Waals surface area contributed by atoms with Crippen molar-refractivity contribution in [3.63, 3.8) is 0 Å². The molecular weight excluding hydrogens is 447 g/mol. The molecule has 4 nitrogen and oxygen atoms in total. The van der Waals surface area contributed by atoms with Crippen LogP contribution in [0.25, 0.3) is 28.1 Å². The third-order valence-electron chi connectivity index (χ3n) is 6.15. The quantitative estimate of drug-likeness (QED) is 0.354. The molecule has 0 spiro atoms. The second kappa shape index (κ2) is 8.88. The molecule has 0 aliphatic heterocycles. The number of aromatic nitrogens is 1. The van der Waals surface area contributed by atoms with Gasteiger partial charge in [-0.05, 0) is 94.9 Å². The number of hydrogen-bond acceptors (Lipinski definition) is 2. The van der Waals surface area contributed by atoms with Crippen LogP contribution < -0.4 is 5.32 Å². The summed E-state index contributed by atoms with van der Waals surface area (Å²) in [5.74, 6) is -0.492. The number of benzene rings is 3. The maximum absolute atomic E-state index is 14.2. The molecule has 2 N–H and O–H groups in total. The standard InChI is InChI=1S/C28H23FN2O2S/c1-17-24(13-18-3-7-22(8-4-18)34(2)33)23-9-5-20(29)15-26(23)25(17)16-28(32)31-21-6-10-27-19(14-21)11-12-30-27/h3-15,30H,16H2,1-2H3,(H,31,32)/b24-13+/t34-/m1/s1. The first-order valence-corrected chi connectivity index (χ1v) is 12.5. The van der Waals surface area contributed by atoms with E-state index in [1.54, 1.807) is 12.3 Å². The number of rotatable bonds is 5. The Hall–Kier alpha value is -3.77. The van der Waals surface area contributed by atoms with Gasteiger partial charge in [0.15, 0.2) is 0 Å². The van der Waals surface area contributed by atoms with Gasteiger partial charge in [-0.3, -0.25) is 9.00 Å². The smallest absolute Gasteiger partial charge is 0.228 e. The summed E-state index contributed by atoms with van der Waals surface area (Å²) in [6.45, 7) is 1.97. The van der Waals surface area contributed by atoms with Gasteiger partial charge < -0.3 is 10.3 Å². The molecule has 0 radical (unpaired) electrons. The molecule has 1 amide bonds. The Morgan fingerprint density at radius 3 is 2.59 bits per heavy atom. The lowest BCUT2D eigenvalue weighted by molar-refractivity contribution is -0.115. The molecule has 4 aromatic rings. The van der Waals surface area contributed by atoms with E-state index in [1.165, 1.54) is 12.1 Å². The van der Waals surface area contributed by atoms with E-state index in [1.807, 2.05) is 67.7 Å². The minimum atomic E-state index is -1.04. The van der Waals surface area contributed by atoms with Crippen molar-refractivity contribution in [2.45, 2.75) is 18.2 Å². The van der Waals surface area contributed by atoms with Crippen molar-refractivity contribution >= 4 is 50.5 Å². The second-order valence-corrected chi connectivity index (χ2v) is 9.76. The van der Waals surface area contributed by atoms with Gasteiger partial charge in [-0.2, -0.15) is 0 Å². The van der Waals surface area contributed by atoms with Crippen LogP contribution in [0.5, 0.6) is 0 Å². The number of hydrogen-bond donors (Lipinski definition) is 2. The molecule has 34 heavy (non-hydrogen) atoms. The van der Waals surface area contributed by atoms with Crippen molar-refractivity contribution in [1.29, 1.82) is 0 Å². The summed E-state index contributed by atoms with van der Waals surface area (Å²) in [6.07, 6.45) is 5.67. The van der Waals surface area contributed by atoms with Crippen LogP contribution in [0.15, 0.2) is 83.4 Å². The van der Waals surface area contributed by atoms with E-state index >= 15 is 0 Å². The minimum absolute atomic E-state index is 0.137. The van der Waals surface area contributed by atoms with Gasteiger partial charge in [0.2, 0.25) is 5.91 Å². The largest absolute Gasteiger partial charge is 0.361 e. The third-order valence-corrected chi connectivity index (χ3v) is 7.09. The SMILES string of the molecule is CC1=C(CC(=O)Nc2ccc3[nH]ccc3c2)c2cc(F)ccc2/C1=C/c1ccc([S@@](C)=O)cc1. The number of fused-ring (bicyclic) bond motifs is 2. The summed E-state index contributed by atoms with van der Waals surface area (Å²) in [4.78, 5) is 16.9. The van der Waals surface area contributed by atoms with Crippen LogP contribution in [0.4, 0.5) is 10.1 Å². The number of nitrogens with one attached hydrogen (secondary N) is 2. The fraction of sp³-hybridized carbons (Fsp3) is 0.107. The van der Waals surface area contributed by atoms with Crippen LogP contribution in [0, 0.1) is 5.82 Å². The van der Waals surface area contributed by atoms with Crippen LogP contribution in [0.1, 0.15) is 30.0 Å².